The van der Waals surface area contributed by atoms with Crippen LogP contribution in [0.2, 0.25) is 11.1 Å². The highest BCUT2D eigenvalue weighted by Gasteiger charge is 2.22. The molecule has 0 heterocycles. The first-order valence-electron chi connectivity index (χ1n) is 7.06. The van der Waals surface area contributed by atoms with Crippen molar-refractivity contribution in [2.75, 3.05) is 0 Å². The highest BCUT2D eigenvalue weighted by atomic mass is 28.3. The fraction of sp³-hybridized carbons (Fsp3) is 0.625. The minimum absolute atomic E-state index is 0.200. The average molecular weight is 263 g/mol. The fourth-order valence-corrected chi connectivity index (χ4v) is 5.92. The first kappa shape index (κ1) is 15.5. The van der Waals surface area contributed by atoms with Gasteiger partial charge < -0.3 is 5.11 Å². The maximum Gasteiger partial charge on any atom is 0.0910 e. The van der Waals surface area contributed by atoms with Gasteiger partial charge in [0, 0.05) is 0 Å². The number of hydrogen-bond donors (Lipinski definition) is 1. The number of rotatable bonds is 6. The lowest BCUT2D eigenvalue weighted by molar-refractivity contribution is 0.185. The maximum absolute atomic E-state index is 9.37. The van der Waals surface area contributed by atoms with E-state index < -0.39 is 8.80 Å². The van der Waals surface area contributed by atoms with Crippen LogP contribution in [-0.2, 0) is 6.42 Å². The van der Waals surface area contributed by atoms with E-state index in [-0.39, 0.29) is 6.10 Å². The van der Waals surface area contributed by atoms with E-state index in [2.05, 4.69) is 52.0 Å². The molecule has 2 heteroatoms. The molecular formula is C16H27OSi. The van der Waals surface area contributed by atoms with Gasteiger partial charge >= 0.3 is 0 Å². The molecule has 0 fully saturated rings. The third-order valence-corrected chi connectivity index (χ3v) is 6.82. The average Bonchev–Trinajstić information content (AvgIpc) is 2.26. The molecule has 18 heavy (non-hydrogen) atoms. The van der Waals surface area contributed by atoms with E-state index in [0.29, 0.717) is 0 Å². The molecule has 1 atom stereocenters. The molecular weight excluding hydrogens is 236 g/mol. The summed E-state index contributed by atoms with van der Waals surface area (Å²) in [6, 6.07) is 9.03. The van der Waals surface area contributed by atoms with Gasteiger partial charge in [0.2, 0.25) is 0 Å². The zero-order chi connectivity index (χ0) is 13.7. The van der Waals surface area contributed by atoms with Gasteiger partial charge in [0.15, 0.2) is 0 Å². The highest BCUT2D eigenvalue weighted by molar-refractivity contribution is 6.75. The van der Waals surface area contributed by atoms with Gasteiger partial charge in [-0.25, -0.2) is 0 Å². The van der Waals surface area contributed by atoms with Crippen LogP contribution in [0, 0.1) is 0 Å². The summed E-state index contributed by atoms with van der Waals surface area (Å²) in [5.74, 6) is 0. The number of aryl methyl sites for hydroxylation is 1. The lowest BCUT2D eigenvalue weighted by Gasteiger charge is -2.23. The Balaban J connectivity index is 2.85. The Bertz CT molecular complexity index is 350. The van der Waals surface area contributed by atoms with E-state index in [4.69, 9.17) is 0 Å². The van der Waals surface area contributed by atoms with Crippen molar-refractivity contribution in [2.24, 2.45) is 0 Å². The van der Waals surface area contributed by atoms with Crippen LogP contribution in [-0.4, -0.2) is 20.0 Å². The topological polar surface area (TPSA) is 20.2 Å². The van der Waals surface area contributed by atoms with E-state index >= 15 is 0 Å². The summed E-state index contributed by atoms with van der Waals surface area (Å²) >= 11 is 0. The predicted octanol–water partition coefficient (Wildman–Crippen LogP) is 3.52. The van der Waals surface area contributed by atoms with Crippen molar-refractivity contribution >= 4 is 14.0 Å². The van der Waals surface area contributed by atoms with Crippen molar-refractivity contribution in [1.29, 1.82) is 0 Å². The van der Waals surface area contributed by atoms with Gasteiger partial charge in [0.1, 0.15) is 0 Å². The monoisotopic (exact) mass is 263 g/mol. The van der Waals surface area contributed by atoms with Crippen LogP contribution in [0.4, 0.5) is 0 Å². The van der Waals surface area contributed by atoms with E-state index in [1.54, 1.807) is 5.19 Å². The summed E-state index contributed by atoms with van der Waals surface area (Å²) in [7, 11) is -0.479. The minimum Gasteiger partial charge on any atom is -0.393 e. The summed E-state index contributed by atoms with van der Waals surface area (Å²) in [6.45, 7) is 11.2. The quantitative estimate of drug-likeness (QED) is 0.779. The molecule has 1 rings (SSSR count). The van der Waals surface area contributed by atoms with Gasteiger partial charge in [-0.15, -0.1) is 0 Å². The molecule has 0 aliphatic rings. The van der Waals surface area contributed by atoms with Crippen LogP contribution in [0.25, 0.3) is 0 Å². The Hall–Kier alpha value is -0.603. The van der Waals surface area contributed by atoms with Crippen molar-refractivity contribution in [3.05, 3.63) is 29.8 Å². The first-order valence-corrected chi connectivity index (χ1v) is 8.71. The summed E-state index contributed by atoms with van der Waals surface area (Å²) in [5, 5.41) is 10.9. The second-order valence-corrected chi connectivity index (χ2v) is 9.65. The fourth-order valence-electron chi connectivity index (χ4n) is 2.62. The van der Waals surface area contributed by atoms with Crippen LogP contribution in [0.5, 0.6) is 0 Å². The molecule has 0 aliphatic carbocycles. The molecule has 1 unspecified atom stereocenters. The van der Waals surface area contributed by atoms with Gasteiger partial charge in [0.05, 0.1) is 14.9 Å². The van der Waals surface area contributed by atoms with Crippen LogP contribution in [0.15, 0.2) is 24.3 Å². The molecule has 1 N–H and O–H groups in total. The van der Waals surface area contributed by atoms with Crippen molar-refractivity contribution in [3.8, 4) is 0 Å². The van der Waals surface area contributed by atoms with Crippen molar-refractivity contribution in [1.82, 2.24) is 0 Å². The smallest absolute Gasteiger partial charge is 0.0910 e. The molecule has 1 nitrogen and oxygen atoms in total. The lowest BCUT2D eigenvalue weighted by Crippen LogP contribution is -2.36. The Morgan fingerprint density at radius 3 is 2.17 bits per heavy atom. The molecule has 0 spiro atoms. The SMILES string of the molecule is CC(O)CCc1cccc([Si](C(C)C)C(C)C)c1. The normalized spacial score (nSPS) is 13.6. The van der Waals surface area contributed by atoms with Gasteiger partial charge in [-0.3, -0.25) is 0 Å². The molecule has 101 valence electrons. The van der Waals surface area contributed by atoms with Gasteiger partial charge in [-0.1, -0.05) is 57.1 Å². The van der Waals surface area contributed by atoms with E-state index in [1.165, 1.54) is 5.56 Å². The second-order valence-electron chi connectivity index (χ2n) is 5.85. The molecule has 0 bridgehead atoms. The lowest BCUT2D eigenvalue weighted by atomic mass is 10.1. The Kier molecular flexibility index (Phi) is 6.10. The van der Waals surface area contributed by atoms with Crippen molar-refractivity contribution in [3.63, 3.8) is 0 Å². The van der Waals surface area contributed by atoms with Crippen LogP contribution in [0.1, 0.15) is 46.6 Å². The number of aliphatic hydroxyl groups is 1. The first-order chi connectivity index (χ1) is 8.41. The Morgan fingerprint density at radius 2 is 1.67 bits per heavy atom. The molecule has 0 saturated heterocycles. The number of benzene rings is 1. The van der Waals surface area contributed by atoms with Crippen molar-refractivity contribution in [2.45, 2.75) is 64.6 Å². The summed E-state index contributed by atoms with van der Waals surface area (Å²) in [6.07, 6.45) is 1.64. The Morgan fingerprint density at radius 1 is 1.06 bits per heavy atom. The predicted molar refractivity (Wildman–Crippen MR) is 82.0 cm³/mol. The molecule has 1 radical (unpaired) electrons. The van der Waals surface area contributed by atoms with Gasteiger partial charge in [0.25, 0.3) is 0 Å². The highest BCUT2D eigenvalue weighted by Crippen LogP contribution is 2.20. The third kappa shape index (κ3) is 4.58. The van der Waals surface area contributed by atoms with Crippen LogP contribution in [0.3, 0.4) is 0 Å². The summed E-state index contributed by atoms with van der Waals surface area (Å²) in [5.41, 5.74) is 2.90. The molecule has 0 aromatic heterocycles. The number of aliphatic hydroxyl groups excluding tert-OH is 1. The van der Waals surface area contributed by atoms with Gasteiger partial charge in [-0.05, 0) is 36.4 Å². The van der Waals surface area contributed by atoms with Gasteiger partial charge in [-0.2, -0.15) is 0 Å². The van der Waals surface area contributed by atoms with Crippen LogP contribution < -0.4 is 5.19 Å². The van der Waals surface area contributed by atoms with Crippen LogP contribution >= 0.6 is 0 Å². The molecule has 1 aromatic rings. The summed E-state index contributed by atoms with van der Waals surface area (Å²) < 4.78 is 0. The van der Waals surface area contributed by atoms with E-state index in [9.17, 15) is 5.11 Å². The maximum atomic E-state index is 9.37. The zero-order valence-corrected chi connectivity index (χ0v) is 13.4. The number of hydrogen-bond acceptors (Lipinski definition) is 1. The van der Waals surface area contributed by atoms with E-state index in [0.717, 1.165) is 23.9 Å². The van der Waals surface area contributed by atoms with Crippen molar-refractivity contribution < 1.29 is 5.11 Å². The summed E-state index contributed by atoms with van der Waals surface area (Å²) in [4.78, 5) is 0. The molecule has 0 amide bonds. The van der Waals surface area contributed by atoms with E-state index in [1.807, 2.05) is 6.92 Å². The Labute approximate surface area is 114 Å². The molecule has 0 saturated carbocycles. The minimum atomic E-state index is -0.479. The molecule has 1 aromatic carbocycles. The largest absolute Gasteiger partial charge is 0.393 e. The third-order valence-electron chi connectivity index (χ3n) is 3.36. The standard InChI is InChI=1S/C16H27OSi/c1-12(2)18(13(3)4)16-8-6-7-15(11-16)10-9-14(5)17/h6-8,11-14,17H,9-10H2,1-5H3. The second kappa shape index (κ2) is 7.10. The molecule has 0 aliphatic heterocycles. The zero-order valence-electron chi connectivity index (χ0n) is 12.4.